The topological polar surface area (TPSA) is 73.1 Å². The van der Waals surface area contributed by atoms with E-state index in [0.29, 0.717) is 0 Å². The quantitative estimate of drug-likeness (QED) is 0.872. The molecule has 0 radical (unpaired) electrons. The number of aryl methyl sites for hydroxylation is 1. The number of nitrogens with two attached hydrogens (primary N) is 1. The van der Waals surface area contributed by atoms with Crippen molar-refractivity contribution in [2.75, 3.05) is 5.75 Å². The number of sulfonamides is 1. The summed E-state index contributed by atoms with van der Waals surface area (Å²) in [6.45, 7) is 0. The van der Waals surface area contributed by atoms with Crippen LogP contribution in [0, 0.1) is 0 Å². The second kappa shape index (κ2) is 4.38. The Balaban J connectivity index is 2.97. The molecule has 1 heterocycles. The predicted octanol–water partition coefficient (Wildman–Crippen LogP) is 0.931. The maximum absolute atomic E-state index is 12.4. The first-order chi connectivity index (χ1) is 7.20. The van der Waals surface area contributed by atoms with Crippen LogP contribution < -0.4 is 5.14 Å². The van der Waals surface area contributed by atoms with Crippen molar-refractivity contribution < 1.29 is 21.6 Å². The highest BCUT2D eigenvalue weighted by atomic mass is 32.2. The number of pyridine rings is 1. The molecule has 1 aromatic heterocycles. The minimum Gasteiger partial charge on any atom is -0.261 e. The number of rotatable bonds is 3. The van der Waals surface area contributed by atoms with Crippen LogP contribution in [0.2, 0.25) is 0 Å². The van der Waals surface area contributed by atoms with Gasteiger partial charge in [-0.25, -0.2) is 13.6 Å². The average molecular weight is 254 g/mol. The Hall–Kier alpha value is -1.15. The van der Waals surface area contributed by atoms with Gasteiger partial charge in [0.15, 0.2) is 0 Å². The maximum atomic E-state index is 12.4. The fourth-order valence-corrected chi connectivity index (χ4v) is 1.61. The van der Waals surface area contributed by atoms with Gasteiger partial charge in [-0.2, -0.15) is 13.2 Å². The summed E-state index contributed by atoms with van der Waals surface area (Å²) in [5, 5.41) is 4.71. The fourth-order valence-electron chi connectivity index (χ4n) is 1.13. The second-order valence-electron chi connectivity index (χ2n) is 3.11. The Morgan fingerprint density at radius 3 is 2.50 bits per heavy atom. The lowest BCUT2D eigenvalue weighted by Crippen LogP contribution is -2.20. The molecule has 2 N–H and O–H groups in total. The molecule has 0 saturated heterocycles. The van der Waals surface area contributed by atoms with Gasteiger partial charge in [0.05, 0.1) is 17.0 Å². The summed E-state index contributed by atoms with van der Waals surface area (Å²) in [6, 6.07) is 1.99. The van der Waals surface area contributed by atoms with E-state index in [2.05, 4.69) is 4.98 Å². The Labute approximate surface area is 90.3 Å². The van der Waals surface area contributed by atoms with Crippen molar-refractivity contribution in [1.29, 1.82) is 0 Å². The second-order valence-corrected chi connectivity index (χ2v) is 4.85. The molecule has 0 bridgehead atoms. The molecule has 0 spiro atoms. The molecule has 1 aromatic rings. The Morgan fingerprint density at radius 1 is 1.38 bits per heavy atom. The molecule has 0 fully saturated rings. The minimum absolute atomic E-state index is 0.316. The molecule has 0 aromatic carbocycles. The van der Waals surface area contributed by atoms with Crippen molar-refractivity contribution in [1.82, 2.24) is 4.98 Å². The molecule has 0 aliphatic carbocycles. The third-order valence-corrected chi connectivity index (χ3v) is 2.59. The van der Waals surface area contributed by atoms with E-state index in [4.69, 9.17) is 5.14 Å². The van der Waals surface area contributed by atoms with Crippen molar-refractivity contribution >= 4 is 10.0 Å². The largest absolute Gasteiger partial charge is 0.418 e. The van der Waals surface area contributed by atoms with Crippen molar-refractivity contribution in [3.05, 3.63) is 29.6 Å². The number of primary sulfonamides is 1. The smallest absolute Gasteiger partial charge is 0.261 e. The summed E-state index contributed by atoms with van der Waals surface area (Å²) in [6.07, 6.45) is -3.72. The first kappa shape index (κ1) is 12.9. The van der Waals surface area contributed by atoms with Crippen LogP contribution in [0.5, 0.6) is 0 Å². The van der Waals surface area contributed by atoms with Crippen LogP contribution in [0.1, 0.15) is 11.3 Å². The standard InChI is InChI=1S/C8H9F3N2O2S/c9-8(10,11)6-2-1-4-13-7(6)3-5-16(12,14)15/h1-2,4H,3,5H2,(H2,12,14,15). The lowest BCUT2D eigenvalue weighted by Gasteiger charge is -2.10. The highest BCUT2D eigenvalue weighted by Gasteiger charge is 2.33. The molecule has 4 nitrogen and oxygen atoms in total. The van der Waals surface area contributed by atoms with E-state index in [1.165, 1.54) is 6.20 Å². The lowest BCUT2D eigenvalue weighted by atomic mass is 10.1. The van der Waals surface area contributed by atoms with Gasteiger partial charge in [-0.05, 0) is 12.1 Å². The van der Waals surface area contributed by atoms with Gasteiger partial charge in [0.2, 0.25) is 10.0 Å². The minimum atomic E-state index is -4.54. The zero-order chi connectivity index (χ0) is 12.4. The van der Waals surface area contributed by atoms with Crippen LogP contribution in [-0.2, 0) is 22.6 Å². The predicted molar refractivity (Wildman–Crippen MR) is 50.9 cm³/mol. The SMILES string of the molecule is NS(=O)(=O)CCc1ncccc1C(F)(F)F. The zero-order valence-electron chi connectivity index (χ0n) is 8.03. The summed E-state index contributed by atoms with van der Waals surface area (Å²) in [4.78, 5) is 3.51. The van der Waals surface area contributed by atoms with Gasteiger partial charge < -0.3 is 0 Å². The molecule has 90 valence electrons. The van der Waals surface area contributed by atoms with E-state index < -0.39 is 27.5 Å². The van der Waals surface area contributed by atoms with Crippen molar-refractivity contribution in [3.8, 4) is 0 Å². The van der Waals surface area contributed by atoms with Crippen LogP contribution in [0.3, 0.4) is 0 Å². The molecule has 0 unspecified atom stereocenters. The van der Waals surface area contributed by atoms with Crippen molar-refractivity contribution in [3.63, 3.8) is 0 Å². The van der Waals surface area contributed by atoms with Crippen LogP contribution in [0.15, 0.2) is 18.3 Å². The van der Waals surface area contributed by atoms with Gasteiger partial charge in [-0.1, -0.05) is 0 Å². The van der Waals surface area contributed by atoms with Gasteiger partial charge in [0, 0.05) is 12.6 Å². The van der Waals surface area contributed by atoms with E-state index >= 15 is 0 Å². The van der Waals surface area contributed by atoms with Crippen LogP contribution in [0.4, 0.5) is 13.2 Å². The van der Waals surface area contributed by atoms with E-state index in [0.717, 1.165) is 12.1 Å². The van der Waals surface area contributed by atoms with Gasteiger partial charge >= 0.3 is 6.18 Å². The van der Waals surface area contributed by atoms with E-state index in [-0.39, 0.29) is 12.1 Å². The van der Waals surface area contributed by atoms with Gasteiger partial charge in [-0.15, -0.1) is 0 Å². The lowest BCUT2D eigenvalue weighted by molar-refractivity contribution is -0.138. The molecule has 0 saturated carbocycles. The zero-order valence-corrected chi connectivity index (χ0v) is 8.85. The van der Waals surface area contributed by atoms with E-state index in [1.54, 1.807) is 0 Å². The van der Waals surface area contributed by atoms with Crippen molar-refractivity contribution in [2.45, 2.75) is 12.6 Å². The molecular weight excluding hydrogens is 245 g/mol. The third kappa shape index (κ3) is 3.78. The number of halogens is 3. The van der Waals surface area contributed by atoms with Gasteiger partial charge in [-0.3, -0.25) is 4.98 Å². The third-order valence-electron chi connectivity index (χ3n) is 1.82. The Bertz CT molecular complexity index is 470. The molecule has 0 aliphatic heterocycles. The number of alkyl halides is 3. The molecular formula is C8H9F3N2O2S. The van der Waals surface area contributed by atoms with Crippen LogP contribution >= 0.6 is 0 Å². The van der Waals surface area contributed by atoms with Crippen molar-refractivity contribution in [2.24, 2.45) is 5.14 Å². The molecule has 1 rings (SSSR count). The Kier molecular flexibility index (Phi) is 3.54. The maximum Gasteiger partial charge on any atom is 0.418 e. The van der Waals surface area contributed by atoms with Crippen LogP contribution in [-0.4, -0.2) is 19.2 Å². The Morgan fingerprint density at radius 2 is 2.00 bits per heavy atom. The molecule has 0 atom stereocenters. The van der Waals surface area contributed by atoms with Gasteiger partial charge in [0.25, 0.3) is 0 Å². The fraction of sp³-hybridized carbons (Fsp3) is 0.375. The summed E-state index contributed by atoms with van der Waals surface area (Å²) in [5.74, 6) is -0.562. The van der Waals surface area contributed by atoms with E-state index in [1.807, 2.05) is 0 Å². The summed E-state index contributed by atoms with van der Waals surface area (Å²) in [5.41, 5.74) is -1.25. The number of hydrogen-bond donors (Lipinski definition) is 1. The first-order valence-electron chi connectivity index (χ1n) is 4.22. The highest BCUT2D eigenvalue weighted by molar-refractivity contribution is 7.89. The number of hydrogen-bond acceptors (Lipinski definition) is 3. The average Bonchev–Trinajstić information content (AvgIpc) is 2.12. The summed E-state index contributed by atoms with van der Waals surface area (Å²) >= 11 is 0. The normalized spacial score (nSPS) is 12.8. The molecule has 16 heavy (non-hydrogen) atoms. The van der Waals surface area contributed by atoms with E-state index in [9.17, 15) is 21.6 Å². The number of nitrogens with zero attached hydrogens (tertiary/aromatic N) is 1. The monoisotopic (exact) mass is 254 g/mol. The summed E-state index contributed by atoms with van der Waals surface area (Å²) in [7, 11) is -3.79. The molecule has 8 heteroatoms. The van der Waals surface area contributed by atoms with Crippen LogP contribution in [0.25, 0.3) is 0 Å². The highest BCUT2D eigenvalue weighted by Crippen LogP contribution is 2.31. The first-order valence-corrected chi connectivity index (χ1v) is 5.93. The summed E-state index contributed by atoms with van der Waals surface area (Å²) < 4.78 is 58.6. The number of aromatic nitrogens is 1. The molecule has 0 aliphatic rings. The molecule has 0 amide bonds. The van der Waals surface area contributed by atoms with Gasteiger partial charge in [0.1, 0.15) is 0 Å².